The lowest BCUT2D eigenvalue weighted by Crippen LogP contribution is -2.30. The molecule has 2 N–H and O–H groups in total. The normalized spacial score (nSPS) is 25.7. The summed E-state index contributed by atoms with van der Waals surface area (Å²) in [4.78, 5) is 0. The highest BCUT2D eigenvalue weighted by molar-refractivity contribution is 5.30. The van der Waals surface area contributed by atoms with Crippen molar-refractivity contribution < 1.29 is 19.3 Å². The van der Waals surface area contributed by atoms with Crippen LogP contribution in [0.2, 0.25) is 0 Å². The fourth-order valence-corrected chi connectivity index (χ4v) is 2.49. The Balaban J connectivity index is 2.08. The van der Waals surface area contributed by atoms with Crippen LogP contribution in [0.1, 0.15) is 50.7 Å². The molecule has 1 saturated carbocycles. The Bertz CT molecular complexity index is 420. The van der Waals surface area contributed by atoms with E-state index in [1.54, 1.807) is 6.07 Å². The molecule has 1 aromatic carbocycles. The van der Waals surface area contributed by atoms with Crippen LogP contribution < -0.4 is 4.74 Å². The second-order valence-corrected chi connectivity index (χ2v) is 5.22. The van der Waals surface area contributed by atoms with E-state index in [2.05, 4.69) is 0 Å². The molecule has 3 unspecified atom stereocenters. The van der Waals surface area contributed by atoms with E-state index in [1.165, 1.54) is 19.1 Å². The molecule has 106 valence electrons. The molecule has 3 atom stereocenters. The van der Waals surface area contributed by atoms with E-state index in [-0.39, 0.29) is 11.7 Å². The Morgan fingerprint density at radius 1 is 1.26 bits per heavy atom. The van der Waals surface area contributed by atoms with Crippen molar-refractivity contribution in [3.05, 3.63) is 29.6 Å². The van der Waals surface area contributed by atoms with Gasteiger partial charge >= 0.3 is 0 Å². The minimum atomic E-state index is -0.836. The summed E-state index contributed by atoms with van der Waals surface area (Å²) in [6.07, 6.45) is 3.08. The first-order valence-corrected chi connectivity index (χ1v) is 6.90. The van der Waals surface area contributed by atoms with Crippen LogP contribution in [-0.2, 0) is 0 Å². The Morgan fingerprint density at radius 3 is 2.68 bits per heavy atom. The molecule has 0 aromatic heterocycles. The van der Waals surface area contributed by atoms with Crippen molar-refractivity contribution in [3.8, 4) is 5.75 Å². The average molecular weight is 268 g/mol. The number of benzene rings is 1. The van der Waals surface area contributed by atoms with E-state index >= 15 is 0 Å². The van der Waals surface area contributed by atoms with Crippen LogP contribution in [0.5, 0.6) is 5.75 Å². The van der Waals surface area contributed by atoms with Gasteiger partial charge in [0.2, 0.25) is 0 Å². The Kier molecular flexibility index (Phi) is 4.77. The maximum atomic E-state index is 13.7. The molecule has 2 rings (SSSR count). The van der Waals surface area contributed by atoms with Crippen molar-refractivity contribution in [2.24, 2.45) is 0 Å². The first-order chi connectivity index (χ1) is 9.08. The molecule has 1 aromatic rings. The fraction of sp³-hybridized carbons (Fsp3) is 0.600. The molecule has 1 fully saturated rings. The van der Waals surface area contributed by atoms with Crippen molar-refractivity contribution in [3.63, 3.8) is 0 Å². The van der Waals surface area contributed by atoms with Crippen LogP contribution in [0.15, 0.2) is 18.2 Å². The molecule has 0 heterocycles. The zero-order valence-electron chi connectivity index (χ0n) is 11.2. The summed E-state index contributed by atoms with van der Waals surface area (Å²) < 4.78 is 19.4. The summed E-state index contributed by atoms with van der Waals surface area (Å²) in [7, 11) is 0. The summed E-state index contributed by atoms with van der Waals surface area (Å²) in [5.41, 5.74) is 0.258. The third-order valence-electron chi connectivity index (χ3n) is 3.63. The maximum Gasteiger partial charge on any atom is 0.132 e. The van der Waals surface area contributed by atoms with Gasteiger partial charge in [-0.2, -0.15) is 0 Å². The number of ether oxygens (including phenoxy) is 1. The first-order valence-electron chi connectivity index (χ1n) is 6.90. The van der Waals surface area contributed by atoms with Gasteiger partial charge in [0.25, 0.3) is 0 Å². The molecule has 0 amide bonds. The van der Waals surface area contributed by atoms with Gasteiger partial charge in [-0.05, 0) is 38.3 Å². The third kappa shape index (κ3) is 3.67. The Morgan fingerprint density at radius 2 is 2.00 bits per heavy atom. The van der Waals surface area contributed by atoms with Crippen LogP contribution >= 0.6 is 0 Å². The van der Waals surface area contributed by atoms with E-state index in [4.69, 9.17) is 4.74 Å². The second-order valence-electron chi connectivity index (χ2n) is 5.22. The highest BCUT2D eigenvalue weighted by atomic mass is 19.1. The third-order valence-corrected chi connectivity index (χ3v) is 3.63. The quantitative estimate of drug-likeness (QED) is 0.829. The van der Waals surface area contributed by atoms with E-state index < -0.39 is 18.0 Å². The number of rotatable bonds is 3. The summed E-state index contributed by atoms with van der Waals surface area (Å²) in [6.45, 7) is 1.52. The van der Waals surface area contributed by atoms with Crippen molar-refractivity contribution in [1.82, 2.24) is 0 Å². The van der Waals surface area contributed by atoms with Crippen molar-refractivity contribution in [2.45, 2.75) is 57.3 Å². The smallest absolute Gasteiger partial charge is 0.132 e. The molecule has 0 aliphatic heterocycles. The van der Waals surface area contributed by atoms with Gasteiger partial charge in [0.1, 0.15) is 17.7 Å². The van der Waals surface area contributed by atoms with Gasteiger partial charge in [-0.15, -0.1) is 0 Å². The number of hydrogen-bond donors (Lipinski definition) is 2. The highest BCUT2D eigenvalue weighted by Gasteiger charge is 2.23. The molecular formula is C15H21FO3. The number of hydrogen-bond acceptors (Lipinski definition) is 3. The molecule has 19 heavy (non-hydrogen) atoms. The van der Waals surface area contributed by atoms with Crippen molar-refractivity contribution in [2.75, 3.05) is 0 Å². The van der Waals surface area contributed by atoms with Crippen LogP contribution in [-0.4, -0.2) is 22.4 Å². The molecule has 0 bridgehead atoms. The molecule has 0 radical (unpaired) electrons. The van der Waals surface area contributed by atoms with Gasteiger partial charge in [-0.1, -0.05) is 12.8 Å². The number of aliphatic hydroxyl groups is 2. The minimum absolute atomic E-state index is 0.258. The summed E-state index contributed by atoms with van der Waals surface area (Å²) in [6, 6.07) is 4.45. The van der Waals surface area contributed by atoms with Gasteiger partial charge in [-0.25, -0.2) is 4.39 Å². The lowest BCUT2D eigenvalue weighted by atomic mass is 10.1. The van der Waals surface area contributed by atoms with Gasteiger partial charge in [0.05, 0.1) is 12.2 Å². The zero-order valence-corrected chi connectivity index (χ0v) is 11.2. The molecule has 4 heteroatoms. The summed E-state index contributed by atoms with van der Waals surface area (Å²) in [5, 5.41) is 19.3. The second kappa shape index (κ2) is 6.35. The lowest BCUT2D eigenvalue weighted by molar-refractivity contribution is 0.0317. The SMILES string of the molecule is CC(O)c1ccc(OC2CCCCCC2O)cc1F. The molecule has 1 aliphatic carbocycles. The molecule has 1 aliphatic rings. The van der Waals surface area contributed by atoms with E-state index in [0.29, 0.717) is 5.75 Å². The van der Waals surface area contributed by atoms with E-state index in [9.17, 15) is 14.6 Å². The largest absolute Gasteiger partial charge is 0.488 e. The Labute approximate surface area is 113 Å². The highest BCUT2D eigenvalue weighted by Crippen LogP contribution is 2.26. The van der Waals surface area contributed by atoms with Gasteiger partial charge < -0.3 is 14.9 Å². The van der Waals surface area contributed by atoms with Crippen molar-refractivity contribution >= 4 is 0 Å². The number of halogens is 1. The maximum absolute atomic E-state index is 13.7. The molecule has 3 nitrogen and oxygen atoms in total. The van der Waals surface area contributed by atoms with Gasteiger partial charge in [0.15, 0.2) is 0 Å². The Hall–Kier alpha value is -1.13. The topological polar surface area (TPSA) is 49.7 Å². The fourth-order valence-electron chi connectivity index (χ4n) is 2.49. The number of aliphatic hydroxyl groups excluding tert-OH is 2. The predicted octanol–water partition coefficient (Wildman–Crippen LogP) is 2.95. The average Bonchev–Trinajstić information content (AvgIpc) is 2.55. The van der Waals surface area contributed by atoms with Gasteiger partial charge in [0, 0.05) is 11.6 Å². The summed E-state index contributed by atoms with van der Waals surface area (Å²) in [5.74, 6) is -0.0662. The van der Waals surface area contributed by atoms with Crippen LogP contribution in [0.25, 0.3) is 0 Å². The standard InChI is InChI=1S/C15H21FO3/c1-10(17)12-8-7-11(9-13(12)16)19-15-6-4-2-3-5-14(15)18/h7-10,14-15,17-18H,2-6H2,1H3. The monoisotopic (exact) mass is 268 g/mol. The molecule has 0 saturated heterocycles. The predicted molar refractivity (Wildman–Crippen MR) is 70.5 cm³/mol. The zero-order chi connectivity index (χ0) is 13.8. The van der Waals surface area contributed by atoms with Crippen molar-refractivity contribution in [1.29, 1.82) is 0 Å². The summed E-state index contributed by atoms with van der Waals surface area (Å²) >= 11 is 0. The lowest BCUT2D eigenvalue weighted by Gasteiger charge is -2.22. The van der Waals surface area contributed by atoms with Crippen LogP contribution in [0.4, 0.5) is 4.39 Å². The van der Waals surface area contributed by atoms with Crippen LogP contribution in [0, 0.1) is 5.82 Å². The molecular weight excluding hydrogens is 247 g/mol. The van der Waals surface area contributed by atoms with E-state index in [1.807, 2.05) is 0 Å². The first kappa shape index (κ1) is 14.3. The van der Waals surface area contributed by atoms with Crippen LogP contribution in [0.3, 0.4) is 0 Å². The van der Waals surface area contributed by atoms with E-state index in [0.717, 1.165) is 32.1 Å². The van der Waals surface area contributed by atoms with Gasteiger partial charge in [-0.3, -0.25) is 0 Å². The minimum Gasteiger partial charge on any atom is -0.488 e. The molecule has 0 spiro atoms.